The smallest absolute Gasteiger partial charge is 0.365 e. The van der Waals surface area contributed by atoms with Crippen LogP contribution in [0.25, 0.3) is 10.6 Å². The van der Waals surface area contributed by atoms with Crippen molar-refractivity contribution in [2.24, 2.45) is 5.92 Å². The third-order valence-electron chi connectivity index (χ3n) is 6.06. The Morgan fingerprint density at radius 2 is 2.03 bits per heavy atom. The summed E-state index contributed by atoms with van der Waals surface area (Å²) in [6, 6.07) is 4.14. The van der Waals surface area contributed by atoms with Crippen molar-refractivity contribution < 1.29 is 18.0 Å². The lowest BCUT2D eigenvalue weighted by atomic mass is 10.0. The molecule has 4 heterocycles. The average Bonchev–Trinajstić information content (AvgIpc) is 3.50. The summed E-state index contributed by atoms with van der Waals surface area (Å²) >= 11 is 1.46. The maximum atomic E-state index is 13.5. The lowest BCUT2D eigenvalue weighted by Gasteiger charge is -2.34. The SMILES string of the molecule is Cc1cnc(C(=O)N2CC3CC(Nc4ccc(C(F)(F)F)cn4)C2C3)c(-c2nccs2)c1. The van der Waals surface area contributed by atoms with Gasteiger partial charge in [-0.25, -0.2) is 9.97 Å². The fourth-order valence-electron chi connectivity index (χ4n) is 4.65. The zero-order valence-corrected chi connectivity index (χ0v) is 18.0. The highest BCUT2D eigenvalue weighted by Gasteiger charge is 2.47. The standard InChI is InChI=1S/C22H20F3N5OS/c1-12-6-15(20-26-4-5-32-20)19(28-9-12)21(31)30-11-13-7-16(17(30)8-13)29-18-3-2-14(10-27-18)22(23,24)25/h2-6,9-10,13,16-17H,7-8,11H2,1H3,(H,27,29). The molecule has 1 saturated heterocycles. The molecule has 1 saturated carbocycles. The van der Waals surface area contributed by atoms with Crippen molar-refractivity contribution >= 4 is 23.1 Å². The van der Waals surface area contributed by atoms with Gasteiger partial charge in [0.2, 0.25) is 0 Å². The van der Waals surface area contributed by atoms with Crippen molar-refractivity contribution in [1.29, 1.82) is 0 Å². The molecule has 1 aliphatic heterocycles. The van der Waals surface area contributed by atoms with Gasteiger partial charge in [-0.1, -0.05) is 0 Å². The minimum Gasteiger partial charge on any atom is -0.365 e. The highest BCUT2D eigenvalue weighted by molar-refractivity contribution is 7.13. The number of piperidine rings is 1. The number of thiazole rings is 1. The molecular weight excluding hydrogens is 439 g/mol. The van der Waals surface area contributed by atoms with Crippen LogP contribution in [0.3, 0.4) is 0 Å². The summed E-state index contributed by atoms with van der Waals surface area (Å²) in [6.07, 6.45) is 1.48. The van der Waals surface area contributed by atoms with Gasteiger partial charge in [0.25, 0.3) is 5.91 Å². The van der Waals surface area contributed by atoms with E-state index in [4.69, 9.17) is 0 Å². The summed E-state index contributed by atoms with van der Waals surface area (Å²) < 4.78 is 38.4. The zero-order chi connectivity index (χ0) is 22.5. The van der Waals surface area contributed by atoms with E-state index in [2.05, 4.69) is 20.3 Å². The molecule has 6 nitrogen and oxygen atoms in total. The molecule has 0 aromatic carbocycles. The molecule has 2 fully saturated rings. The van der Waals surface area contributed by atoms with E-state index in [1.54, 1.807) is 12.4 Å². The summed E-state index contributed by atoms with van der Waals surface area (Å²) in [6.45, 7) is 2.57. The Hall–Kier alpha value is -3.01. The molecule has 1 N–H and O–H groups in total. The Labute approximate surface area is 186 Å². The Balaban J connectivity index is 1.36. The van der Waals surface area contributed by atoms with E-state index in [0.29, 0.717) is 24.0 Å². The topological polar surface area (TPSA) is 71.0 Å². The number of rotatable bonds is 4. The van der Waals surface area contributed by atoms with Gasteiger partial charge in [-0.2, -0.15) is 13.2 Å². The molecule has 3 atom stereocenters. The molecule has 32 heavy (non-hydrogen) atoms. The first-order valence-corrected chi connectivity index (χ1v) is 11.1. The molecule has 3 unspecified atom stereocenters. The number of carbonyl (C=O) groups excluding carboxylic acids is 1. The Morgan fingerprint density at radius 1 is 1.19 bits per heavy atom. The van der Waals surface area contributed by atoms with Gasteiger partial charge < -0.3 is 10.2 Å². The average molecular weight is 459 g/mol. The van der Waals surface area contributed by atoms with Crippen molar-refractivity contribution in [2.45, 2.75) is 38.0 Å². The number of pyridine rings is 2. The fraction of sp³-hybridized carbons (Fsp3) is 0.364. The van der Waals surface area contributed by atoms with E-state index in [-0.39, 0.29) is 18.0 Å². The Morgan fingerprint density at radius 3 is 2.69 bits per heavy atom. The second-order valence-corrected chi connectivity index (χ2v) is 9.18. The van der Waals surface area contributed by atoms with Crippen molar-refractivity contribution in [1.82, 2.24) is 19.9 Å². The second kappa shape index (κ2) is 7.84. The molecule has 5 rings (SSSR count). The van der Waals surface area contributed by atoms with Crippen LogP contribution < -0.4 is 5.32 Å². The van der Waals surface area contributed by atoms with Gasteiger partial charge in [0, 0.05) is 42.1 Å². The summed E-state index contributed by atoms with van der Waals surface area (Å²) in [7, 11) is 0. The van der Waals surface area contributed by atoms with E-state index in [0.717, 1.165) is 41.2 Å². The summed E-state index contributed by atoms with van der Waals surface area (Å²) in [5.74, 6) is 0.569. The van der Waals surface area contributed by atoms with Crippen molar-refractivity contribution in [3.63, 3.8) is 0 Å². The van der Waals surface area contributed by atoms with Crippen LogP contribution >= 0.6 is 11.3 Å². The molecule has 0 radical (unpaired) electrons. The number of nitrogens with zero attached hydrogens (tertiary/aromatic N) is 4. The highest BCUT2D eigenvalue weighted by atomic mass is 32.1. The number of halogens is 3. The number of nitrogens with one attached hydrogen (secondary N) is 1. The number of fused-ring (bicyclic) bond motifs is 2. The van der Waals surface area contributed by atoms with Crippen LogP contribution in [0.4, 0.5) is 19.0 Å². The second-order valence-electron chi connectivity index (χ2n) is 8.29. The molecule has 1 amide bonds. The maximum Gasteiger partial charge on any atom is 0.417 e. The van der Waals surface area contributed by atoms with Crippen LogP contribution in [-0.2, 0) is 6.18 Å². The number of amides is 1. The summed E-state index contributed by atoms with van der Waals surface area (Å²) in [5, 5.41) is 5.85. The molecule has 3 aromatic heterocycles. The number of hydrogen-bond donors (Lipinski definition) is 1. The van der Waals surface area contributed by atoms with Gasteiger partial charge in [0.1, 0.15) is 16.5 Å². The molecule has 10 heteroatoms. The largest absolute Gasteiger partial charge is 0.417 e. The molecule has 3 aromatic rings. The number of aryl methyl sites for hydroxylation is 1. The Kier molecular flexibility index (Phi) is 5.11. The number of hydrogen-bond acceptors (Lipinski definition) is 6. The third kappa shape index (κ3) is 3.83. The summed E-state index contributed by atoms with van der Waals surface area (Å²) in [4.78, 5) is 28.0. The molecule has 1 aliphatic carbocycles. The zero-order valence-electron chi connectivity index (χ0n) is 17.1. The first-order chi connectivity index (χ1) is 15.3. The third-order valence-corrected chi connectivity index (χ3v) is 6.86. The van der Waals surface area contributed by atoms with Gasteiger partial charge in [0.05, 0.1) is 11.6 Å². The van der Waals surface area contributed by atoms with Crippen LogP contribution in [-0.4, -0.2) is 44.4 Å². The number of alkyl halides is 3. The quantitative estimate of drug-likeness (QED) is 0.615. The monoisotopic (exact) mass is 459 g/mol. The van der Waals surface area contributed by atoms with Gasteiger partial charge in [-0.15, -0.1) is 11.3 Å². The molecule has 2 bridgehead atoms. The molecular formula is C22H20F3N5OS. The van der Waals surface area contributed by atoms with Crippen LogP contribution in [0.1, 0.15) is 34.5 Å². The van der Waals surface area contributed by atoms with E-state index in [9.17, 15) is 18.0 Å². The predicted octanol–water partition coefficient (Wildman–Crippen LogP) is 4.64. The van der Waals surface area contributed by atoms with Crippen LogP contribution in [0.2, 0.25) is 0 Å². The first-order valence-electron chi connectivity index (χ1n) is 10.3. The minimum atomic E-state index is -4.42. The van der Waals surface area contributed by atoms with Crippen molar-refractivity contribution in [3.05, 3.63) is 59.0 Å². The predicted molar refractivity (Wildman–Crippen MR) is 114 cm³/mol. The van der Waals surface area contributed by atoms with E-state index < -0.39 is 11.7 Å². The number of aromatic nitrogens is 3. The van der Waals surface area contributed by atoms with Gasteiger partial charge in [0.15, 0.2) is 0 Å². The van der Waals surface area contributed by atoms with Gasteiger partial charge in [-0.3, -0.25) is 9.78 Å². The van der Waals surface area contributed by atoms with Crippen LogP contribution in [0.5, 0.6) is 0 Å². The van der Waals surface area contributed by atoms with Gasteiger partial charge >= 0.3 is 6.18 Å². The lowest BCUT2D eigenvalue weighted by molar-refractivity contribution is -0.137. The maximum absolute atomic E-state index is 13.5. The fourth-order valence-corrected chi connectivity index (χ4v) is 5.30. The Bertz CT molecular complexity index is 1130. The van der Waals surface area contributed by atoms with E-state index >= 15 is 0 Å². The van der Waals surface area contributed by atoms with Crippen LogP contribution in [0, 0.1) is 12.8 Å². The number of anilines is 1. The molecule has 166 valence electrons. The van der Waals surface area contributed by atoms with Crippen molar-refractivity contribution in [3.8, 4) is 10.6 Å². The van der Waals surface area contributed by atoms with Crippen LogP contribution in [0.15, 0.2) is 42.2 Å². The minimum absolute atomic E-state index is 0.0659. The number of carbonyl (C=O) groups is 1. The first kappa shape index (κ1) is 20.9. The van der Waals surface area contributed by atoms with Gasteiger partial charge in [-0.05, 0) is 49.4 Å². The number of likely N-dealkylation sites (tertiary alicyclic amines) is 1. The van der Waals surface area contributed by atoms with E-state index in [1.165, 1.54) is 17.4 Å². The van der Waals surface area contributed by atoms with Crippen molar-refractivity contribution in [2.75, 3.05) is 11.9 Å². The van der Waals surface area contributed by atoms with E-state index in [1.807, 2.05) is 23.3 Å². The highest BCUT2D eigenvalue weighted by Crippen LogP contribution is 2.40. The summed E-state index contributed by atoms with van der Waals surface area (Å²) in [5.41, 5.74) is 1.27. The normalized spacial score (nSPS) is 22.4. The molecule has 2 aliphatic rings. The lowest BCUT2D eigenvalue weighted by Crippen LogP contribution is -2.48. The molecule has 0 spiro atoms.